The maximum atomic E-state index is 12.7. The molecule has 1 amide bonds. The van der Waals surface area contributed by atoms with Gasteiger partial charge in [0.15, 0.2) is 5.13 Å². The fourth-order valence-corrected chi connectivity index (χ4v) is 5.74. The Hall–Kier alpha value is -3.14. The lowest BCUT2D eigenvalue weighted by molar-refractivity contribution is -0.193. The van der Waals surface area contributed by atoms with Crippen LogP contribution in [0, 0.1) is 17.8 Å². The van der Waals surface area contributed by atoms with Gasteiger partial charge in [0, 0.05) is 31.2 Å². The van der Waals surface area contributed by atoms with Crippen LogP contribution in [-0.4, -0.2) is 76.0 Å². The van der Waals surface area contributed by atoms with Crippen LogP contribution in [0.1, 0.15) is 23.2 Å². The highest BCUT2D eigenvalue weighted by Crippen LogP contribution is 2.43. The standard InChI is InChI=1S/C17H20N4OS.2C2HF3O2/c18-17-19-13-2-1-10(5-14(13)23-17)16(22)20-15-11-3-9-4-12(15)8-21(6-9)7-11;2*3-2(4,5)1(6)7/h1-2,5,9,11-12,15H,3-4,6-8H2,(H2,18,19)(H,20,22);2*(H,6,7). The number of thiazole rings is 1. The van der Waals surface area contributed by atoms with Crippen molar-refractivity contribution >= 4 is 44.5 Å². The molecule has 5 N–H and O–H groups in total. The summed E-state index contributed by atoms with van der Waals surface area (Å²) < 4.78 is 64.5. The number of rotatable bonds is 2. The molecule has 4 bridgehead atoms. The van der Waals surface area contributed by atoms with E-state index in [2.05, 4.69) is 15.2 Å². The monoisotopic (exact) mass is 556 g/mol. The second-order valence-corrected chi connectivity index (χ2v) is 9.98. The zero-order valence-corrected chi connectivity index (χ0v) is 19.7. The van der Waals surface area contributed by atoms with E-state index in [0.29, 0.717) is 23.0 Å². The number of carboxylic acids is 2. The Labute approximate surface area is 209 Å². The number of aromatic nitrogens is 1. The van der Waals surface area contributed by atoms with Gasteiger partial charge in [0.25, 0.3) is 5.91 Å². The number of halogens is 6. The maximum absolute atomic E-state index is 12.7. The average Bonchev–Trinajstić information content (AvgIpc) is 3.14. The third-order valence-electron chi connectivity index (χ3n) is 6.24. The molecule has 1 aromatic heterocycles. The quantitative estimate of drug-likeness (QED) is 0.413. The first-order chi connectivity index (χ1) is 17.0. The number of nitrogens with one attached hydrogen (secondary N) is 1. The van der Waals surface area contributed by atoms with Gasteiger partial charge in [-0.1, -0.05) is 11.3 Å². The summed E-state index contributed by atoms with van der Waals surface area (Å²) >= 11 is 1.43. The number of hydrogen-bond acceptors (Lipinski definition) is 7. The van der Waals surface area contributed by atoms with Crippen molar-refractivity contribution in [3.63, 3.8) is 0 Å². The van der Waals surface area contributed by atoms with E-state index in [1.54, 1.807) is 0 Å². The van der Waals surface area contributed by atoms with E-state index in [-0.39, 0.29) is 5.91 Å². The van der Waals surface area contributed by atoms with Crippen LogP contribution in [0.4, 0.5) is 31.5 Å². The molecular weight excluding hydrogens is 534 g/mol. The number of aliphatic carboxylic acids is 2. The van der Waals surface area contributed by atoms with E-state index in [0.717, 1.165) is 34.8 Å². The molecule has 6 rings (SSSR count). The van der Waals surface area contributed by atoms with E-state index in [1.165, 1.54) is 30.7 Å². The van der Waals surface area contributed by atoms with Crippen molar-refractivity contribution in [2.24, 2.45) is 17.8 Å². The number of piperidine rings is 3. The zero-order valence-electron chi connectivity index (χ0n) is 18.8. The Kier molecular flexibility index (Phi) is 8.21. The summed E-state index contributed by atoms with van der Waals surface area (Å²) in [5, 5.41) is 18.1. The van der Waals surface area contributed by atoms with Crippen LogP contribution >= 0.6 is 11.3 Å². The predicted molar refractivity (Wildman–Crippen MR) is 119 cm³/mol. The van der Waals surface area contributed by atoms with Crippen LogP contribution in [0.25, 0.3) is 10.2 Å². The summed E-state index contributed by atoms with van der Waals surface area (Å²) in [4.78, 5) is 37.3. The number of nitrogens with zero attached hydrogens (tertiary/aromatic N) is 2. The summed E-state index contributed by atoms with van der Waals surface area (Å²) in [5.74, 6) is -3.34. The van der Waals surface area contributed by atoms with Gasteiger partial charge >= 0.3 is 24.3 Å². The van der Waals surface area contributed by atoms with Gasteiger partial charge in [0.05, 0.1) is 10.2 Å². The van der Waals surface area contributed by atoms with Crippen molar-refractivity contribution in [1.29, 1.82) is 0 Å². The van der Waals surface area contributed by atoms with Crippen LogP contribution in [-0.2, 0) is 9.59 Å². The van der Waals surface area contributed by atoms with Gasteiger partial charge in [-0.25, -0.2) is 14.6 Å². The normalized spacial score (nSPS) is 25.9. The van der Waals surface area contributed by atoms with Gasteiger partial charge < -0.3 is 26.2 Å². The molecule has 2 aromatic rings. The minimum atomic E-state index is -5.08. The molecule has 204 valence electrons. The number of benzene rings is 1. The first-order valence-corrected chi connectivity index (χ1v) is 11.7. The molecular formula is C21H22F6N4O5S. The highest BCUT2D eigenvalue weighted by Gasteiger charge is 2.48. The highest BCUT2D eigenvalue weighted by atomic mass is 32.1. The van der Waals surface area contributed by atoms with Crippen molar-refractivity contribution in [1.82, 2.24) is 15.2 Å². The van der Waals surface area contributed by atoms with Crippen molar-refractivity contribution in [2.45, 2.75) is 31.2 Å². The first-order valence-electron chi connectivity index (χ1n) is 10.8. The second kappa shape index (κ2) is 10.7. The lowest BCUT2D eigenvalue weighted by Gasteiger charge is -2.55. The van der Waals surface area contributed by atoms with Crippen LogP contribution < -0.4 is 11.1 Å². The topological polar surface area (TPSA) is 146 Å². The third kappa shape index (κ3) is 7.21. The van der Waals surface area contributed by atoms with Gasteiger partial charge in [0.1, 0.15) is 0 Å². The fraction of sp³-hybridized carbons (Fsp3) is 0.524. The predicted octanol–water partition coefficient (Wildman–Crippen LogP) is 3.22. The molecule has 37 heavy (non-hydrogen) atoms. The molecule has 0 radical (unpaired) electrons. The molecule has 1 aliphatic carbocycles. The highest BCUT2D eigenvalue weighted by molar-refractivity contribution is 7.22. The number of carboxylic acid groups (broad SMARTS) is 2. The Balaban J connectivity index is 0.000000227. The molecule has 1 saturated carbocycles. The lowest BCUT2D eigenvalue weighted by atomic mass is 9.65. The third-order valence-corrected chi connectivity index (χ3v) is 7.09. The van der Waals surface area contributed by atoms with Gasteiger partial charge in [-0.15, -0.1) is 0 Å². The Morgan fingerprint density at radius 2 is 1.49 bits per heavy atom. The minimum absolute atomic E-state index is 0.0475. The van der Waals surface area contributed by atoms with Crippen LogP contribution in [0.5, 0.6) is 0 Å². The summed E-state index contributed by atoms with van der Waals surface area (Å²) in [5.41, 5.74) is 7.33. The van der Waals surface area contributed by atoms with Crippen molar-refractivity contribution < 1.29 is 50.9 Å². The van der Waals surface area contributed by atoms with Crippen LogP contribution in [0.15, 0.2) is 18.2 Å². The second-order valence-electron chi connectivity index (χ2n) is 8.92. The Morgan fingerprint density at radius 1 is 0.973 bits per heavy atom. The van der Waals surface area contributed by atoms with Gasteiger partial charge in [-0.05, 0) is 48.8 Å². The molecule has 3 aliphatic heterocycles. The molecule has 2 atom stereocenters. The molecule has 9 nitrogen and oxygen atoms in total. The van der Waals surface area contributed by atoms with E-state index in [1.807, 2.05) is 18.2 Å². The molecule has 2 unspecified atom stereocenters. The Bertz CT molecular complexity index is 1120. The fourth-order valence-electron chi connectivity index (χ4n) is 4.96. The number of fused-ring (bicyclic) bond motifs is 1. The molecule has 0 spiro atoms. The van der Waals surface area contributed by atoms with E-state index < -0.39 is 24.3 Å². The smallest absolute Gasteiger partial charge is 0.475 e. The first kappa shape index (κ1) is 28.4. The van der Waals surface area contributed by atoms with Gasteiger partial charge in [-0.2, -0.15) is 26.3 Å². The number of alkyl halides is 6. The summed E-state index contributed by atoms with van der Waals surface area (Å²) in [6, 6.07) is 6.01. The molecule has 3 saturated heterocycles. The number of nitrogen functional groups attached to an aromatic ring is 1. The summed E-state index contributed by atoms with van der Waals surface area (Å²) in [6.45, 7) is 3.59. The molecule has 4 fully saturated rings. The minimum Gasteiger partial charge on any atom is -0.475 e. The van der Waals surface area contributed by atoms with Crippen molar-refractivity contribution in [3.8, 4) is 0 Å². The van der Waals surface area contributed by atoms with Gasteiger partial charge in [-0.3, -0.25) is 4.79 Å². The summed E-state index contributed by atoms with van der Waals surface area (Å²) in [7, 11) is 0. The largest absolute Gasteiger partial charge is 0.490 e. The molecule has 4 aliphatic rings. The zero-order chi connectivity index (χ0) is 27.7. The number of carbonyl (C=O) groups excluding carboxylic acids is 1. The van der Waals surface area contributed by atoms with Crippen LogP contribution in [0.3, 0.4) is 0 Å². The van der Waals surface area contributed by atoms with Crippen LogP contribution in [0.2, 0.25) is 0 Å². The number of nitrogens with two attached hydrogens (primary N) is 1. The van der Waals surface area contributed by atoms with Gasteiger partial charge in [0.2, 0.25) is 0 Å². The average molecular weight is 556 g/mol. The number of amides is 1. The van der Waals surface area contributed by atoms with E-state index in [4.69, 9.17) is 25.5 Å². The number of carbonyl (C=O) groups is 3. The number of hydrogen-bond donors (Lipinski definition) is 4. The number of anilines is 1. The maximum Gasteiger partial charge on any atom is 0.490 e. The Morgan fingerprint density at radius 3 is 1.95 bits per heavy atom. The lowest BCUT2D eigenvalue weighted by Crippen LogP contribution is -2.64. The van der Waals surface area contributed by atoms with Crippen molar-refractivity contribution in [2.75, 3.05) is 25.4 Å². The van der Waals surface area contributed by atoms with E-state index >= 15 is 0 Å². The molecule has 4 heterocycles. The molecule has 16 heteroatoms. The SMILES string of the molecule is Nc1nc2ccc(C(=O)NC3C4CC5CC3CN(C5)C4)cc2s1.O=C(O)C(F)(F)F.O=C(O)C(F)(F)F. The molecule has 1 aromatic carbocycles. The summed E-state index contributed by atoms with van der Waals surface area (Å²) in [6.07, 6.45) is -7.61. The van der Waals surface area contributed by atoms with Crippen molar-refractivity contribution in [3.05, 3.63) is 23.8 Å². The van der Waals surface area contributed by atoms with E-state index in [9.17, 15) is 31.1 Å².